The molecule has 2 aromatic heterocycles. The van der Waals surface area contributed by atoms with E-state index in [4.69, 9.17) is 5.11 Å². The number of urea groups is 1. The maximum absolute atomic E-state index is 12.5. The zero-order chi connectivity index (χ0) is 16.9. The summed E-state index contributed by atoms with van der Waals surface area (Å²) in [5.74, 6) is 1.13. The van der Waals surface area contributed by atoms with Crippen LogP contribution in [-0.2, 0) is 0 Å². The SMILES string of the molecule is CC(CCCO)NC(=O)N1CCCC(c2nnc3ccccn23)C1. The number of pyridine rings is 1. The smallest absolute Gasteiger partial charge is 0.317 e. The Bertz CT molecular complexity index is 686. The van der Waals surface area contributed by atoms with Gasteiger partial charge >= 0.3 is 6.03 Å². The van der Waals surface area contributed by atoms with E-state index >= 15 is 0 Å². The Labute approximate surface area is 141 Å². The van der Waals surface area contributed by atoms with E-state index in [0.717, 1.165) is 37.3 Å². The van der Waals surface area contributed by atoms with Crippen LogP contribution in [0.1, 0.15) is 44.3 Å². The minimum absolute atomic E-state index is 0.0287. The predicted molar refractivity (Wildman–Crippen MR) is 90.8 cm³/mol. The fourth-order valence-electron chi connectivity index (χ4n) is 3.28. The van der Waals surface area contributed by atoms with Crippen LogP contribution < -0.4 is 5.32 Å². The number of piperidine rings is 1. The van der Waals surface area contributed by atoms with Crippen molar-refractivity contribution in [1.29, 1.82) is 0 Å². The molecule has 2 unspecified atom stereocenters. The first-order valence-electron chi connectivity index (χ1n) is 8.65. The van der Waals surface area contributed by atoms with Crippen LogP contribution in [0.3, 0.4) is 0 Å². The van der Waals surface area contributed by atoms with Gasteiger partial charge in [-0.3, -0.25) is 4.40 Å². The summed E-state index contributed by atoms with van der Waals surface area (Å²) in [4.78, 5) is 14.3. The lowest BCUT2D eigenvalue weighted by Crippen LogP contribution is -2.47. The van der Waals surface area contributed by atoms with Crippen molar-refractivity contribution in [2.24, 2.45) is 0 Å². The van der Waals surface area contributed by atoms with Gasteiger partial charge in [-0.05, 0) is 44.7 Å². The molecule has 0 saturated carbocycles. The number of aliphatic hydroxyl groups is 1. The second-order valence-electron chi connectivity index (χ2n) is 6.49. The fraction of sp³-hybridized carbons (Fsp3) is 0.588. The number of amides is 2. The topological polar surface area (TPSA) is 82.8 Å². The minimum atomic E-state index is -0.0287. The Hall–Kier alpha value is -2.15. The Morgan fingerprint density at radius 1 is 1.46 bits per heavy atom. The average molecular weight is 331 g/mol. The fourth-order valence-corrected chi connectivity index (χ4v) is 3.28. The third kappa shape index (κ3) is 3.67. The number of nitrogens with zero attached hydrogens (tertiary/aromatic N) is 4. The van der Waals surface area contributed by atoms with Gasteiger partial charge in [-0.1, -0.05) is 6.07 Å². The molecule has 0 spiro atoms. The summed E-state index contributed by atoms with van der Waals surface area (Å²) >= 11 is 0. The van der Waals surface area contributed by atoms with Gasteiger partial charge in [0.05, 0.1) is 0 Å². The number of hydrogen-bond acceptors (Lipinski definition) is 4. The Kier molecular flexibility index (Phi) is 5.30. The van der Waals surface area contributed by atoms with Gasteiger partial charge in [0.2, 0.25) is 0 Å². The number of hydrogen-bond donors (Lipinski definition) is 2. The van der Waals surface area contributed by atoms with Gasteiger partial charge in [0.15, 0.2) is 5.65 Å². The number of carbonyl (C=O) groups is 1. The molecule has 2 amide bonds. The highest BCUT2D eigenvalue weighted by atomic mass is 16.3. The van der Waals surface area contributed by atoms with E-state index in [0.29, 0.717) is 13.0 Å². The molecule has 24 heavy (non-hydrogen) atoms. The lowest BCUT2D eigenvalue weighted by atomic mass is 9.97. The van der Waals surface area contributed by atoms with Gasteiger partial charge in [-0.25, -0.2) is 4.79 Å². The van der Waals surface area contributed by atoms with Crippen molar-refractivity contribution in [2.45, 2.75) is 44.6 Å². The second kappa shape index (κ2) is 7.61. The standard InChI is InChI=1S/C17H25N5O2/c1-13(6-5-11-23)18-17(24)21-9-4-7-14(12-21)16-20-19-15-8-2-3-10-22(15)16/h2-3,8,10,13-14,23H,4-7,9,11-12H2,1H3,(H,18,24). The van der Waals surface area contributed by atoms with E-state index in [-0.39, 0.29) is 24.6 Å². The molecule has 1 aliphatic heterocycles. The average Bonchev–Trinajstić information content (AvgIpc) is 3.04. The van der Waals surface area contributed by atoms with Crippen molar-refractivity contribution in [1.82, 2.24) is 24.8 Å². The first-order valence-corrected chi connectivity index (χ1v) is 8.65. The van der Waals surface area contributed by atoms with Gasteiger partial charge in [0, 0.05) is 37.9 Å². The Balaban J connectivity index is 1.65. The highest BCUT2D eigenvalue weighted by Gasteiger charge is 2.28. The summed E-state index contributed by atoms with van der Waals surface area (Å²) in [6.07, 6.45) is 5.44. The van der Waals surface area contributed by atoms with E-state index in [9.17, 15) is 4.79 Å². The van der Waals surface area contributed by atoms with Crippen molar-refractivity contribution in [3.63, 3.8) is 0 Å². The zero-order valence-corrected chi connectivity index (χ0v) is 14.1. The largest absolute Gasteiger partial charge is 0.396 e. The van der Waals surface area contributed by atoms with E-state index in [2.05, 4.69) is 15.5 Å². The van der Waals surface area contributed by atoms with Crippen LogP contribution in [0.15, 0.2) is 24.4 Å². The number of aliphatic hydroxyl groups excluding tert-OH is 1. The van der Waals surface area contributed by atoms with Crippen molar-refractivity contribution in [3.05, 3.63) is 30.2 Å². The first kappa shape index (κ1) is 16.7. The molecule has 3 rings (SSSR count). The molecule has 0 radical (unpaired) electrons. The molecule has 1 aliphatic rings. The highest BCUT2D eigenvalue weighted by Crippen LogP contribution is 2.26. The zero-order valence-electron chi connectivity index (χ0n) is 14.1. The molecule has 2 aromatic rings. The summed E-state index contributed by atoms with van der Waals surface area (Å²) in [5.41, 5.74) is 0.840. The lowest BCUT2D eigenvalue weighted by Gasteiger charge is -2.32. The quantitative estimate of drug-likeness (QED) is 0.875. The van der Waals surface area contributed by atoms with Crippen molar-refractivity contribution in [3.8, 4) is 0 Å². The molecular formula is C17H25N5O2. The molecule has 0 aliphatic carbocycles. The van der Waals surface area contributed by atoms with Crippen LogP contribution in [0.5, 0.6) is 0 Å². The van der Waals surface area contributed by atoms with Crippen molar-refractivity contribution >= 4 is 11.7 Å². The molecule has 1 saturated heterocycles. The number of fused-ring (bicyclic) bond motifs is 1. The Morgan fingerprint density at radius 3 is 3.17 bits per heavy atom. The number of carbonyl (C=O) groups excluding carboxylic acids is 1. The van der Waals surface area contributed by atoms with Crippen molar-refractivity contribution < 1.29 is 9.90 Å². The van der Waals surface area contributed by atoms with E-state index < -0.39 is 0 Å². The molecule has 2 N–H and O–H groups in total. The van der Waals surface area contributed by atoms with Gasteiger partial charge in [0.1, 0.15) is 5.82 Å². The summed E-state index contributed by atoms with van der Waals surface area (Å²) < 4.78 is 2.01. The van der Waals surface area contributed by atoms with E-state index in [1.165, 1.54) is 0 Å². The molecule has 1 fully saturated rings. The van der Waals surface area contributed by atoms with Gasteiger partial charge < -0.3 is 15.3 Å². The minimum Gasteiger partial charge on any atom is -0.396 e. The van der Waals surface area contributed by atoms with Crippen LogP contribution in [0.2, 0.25) is 0 Å². The molecule has 0 bridgehead atoms. The summed E-state index contributed by atoms with van der Waals surface area (Å²) in [6, 6.07) is 5.89. The van der Waals surface area contributed by atoms with Crippen molar-refractivity contribution in [2.75, 3.05) is 19.7 Å². The van der Waals surface area contributed by atoms with Gasteiger partial charge in [-0.15, -0.1) is 10.2 Å². The molecule has 130 valence electrons. The van der Waals surface area contributed by atoms with Gasteiger partial charge in [0.25, 0.3) is 0 Å². The van der Waals surface area contributed by atoms with Crippen LogP contribution in [-0.4, -0.2) is 56.4 Å². The third-order valence-corrected chi connectivity index (χ3v) is 4.58. The maximum atomic E-state index is 12.5. The molecule has 7 heteroatoms. The molecular weight excluding hydrogens is 306 g/mol. The van der Waals surface area contributed by atoms with Gasteiger partial charge in [-0.2, -0.15) is 0 Å². The van der Waals surface area contributed by atoms with Crippen LogP contribution >= 0.6 is 0 Å². The number of aromatic nitrogens is 3. The second-order valence-corrected chi connectivity index (χ2v) is 6.49. The molecule has 2 atom stereocenters. The van der Waals surface area contributed by atoms with E-state index in [1.54, 1.807) is 0 Å². The van der Waals surface area contributed by atoms with Crippen LogP contribution in [0.4, 0.5) is 4.79 Å². The summed E-state index contributed by atoms with van der Waals surface area (Å²) in [6.45, 7) is 3.56. The number of rotatable bonds is 5. The normalized spacial score (nSPS) is 19.4. The predicted octanol–water partition coefficient (Wildman–Crippen LogP) is 1.78. The summed E-state index contributed by atoms with van der Waals surface area (Å²) in [7, 11) is 0. The lowest BCUT2D eigenvalue weighted by molar-refractivity contribution is 0.173. The molecule has 7 nitrogen and oxygen atoms in total. The van der Waals surface area contributed by atoms with E-state index in [1.807, 2.05) is 40.6 Å². The first-order chi connectivity index (χ1) is 11.7. The third-order valence-electron chi connectivity index (χ3n) is 4.58. The number of nitrogens with one attached hydrogen (secondary N) is 1. The summed E-state index contributed by atoms with van der Waals surface area (Å²) in [5, 5.41) is 20.5. The van der Waals surface area contributed by atoms with Crippen LogP contribution in [0.25, 0.3) is 5.65 Å². The Morgan fingerprint density at radius 2 is 2.33 bits per heavy atom. The monoisotopic (exact) mass is 331 g/mol. The highest BCUT2D eigenvalue weighted by molar-refractivity contribution is 5.74. The van der Waals surface area contributed by atoms with Crippen LogP contribution in [0, 0.1) is 0 Å². The maximum Gasteiger partial charge on any atom is 0.317 e. The molecule has 3 heterocycles. The molecule has 0 aromatic carbocycles. The number of likely N-dealkylation sites (tertiary alicyclic amines) is 1.